The Balaban J connectivity index is 1.26. The standard InChI is InChI=1S/C32H43N9O4/c1-6-33-32(43)41-17-15-40(16-18-41)24-7-9-26(28(19-24)44-4)35-30-22(2)21-34-31(37-30)36-27-10-8-25(20-29(27)45-5)39-13-11-38(12-14-39)23(3)42/h7-10,19-21H,6,11-18H2,1-5H3,(H,33,43)(H2,34,35,36,37). The van der Waals surface area contributed by atoms with Crippen molar-refractivity contribution in [3.8, 4) is 11.5 Å². The molecule has 0 spiro atoms. The van der Waals surface area contributed by atoms with Gasteiger partial charge in [-0.25, -0.2) is 9.78 Å². The Morgan fingerprint density at radius 3 is 1.84 bits per heavy atom. The van der Waals surface area contributed by atoms with Crippen molar-refractivity contribution >= 4 is 46.5 Å². The van der Waals surface area contributed by atoms with Gasteiger partial charge in [0.05, 0.1) is 25.6 Å². The van der Waals surface area contributed by atoms with Crippen LogP contribution < -0.4 is 35.2 Å². The van der Waals surface area contributed by atoms with Gasteiger partial charge in [0.15, 0.2) is 0 Å². The molecular weight excluding hydrogens is 574 g/mol. The van der Waals surface area contributed by atoms with Crippen LogP contribution in [0.15, 0.2) is 42.6 Å². The molecule has 0 unspecified atom stereocenters. The third-order valence-corrected chi connectivity index (χ3v) is 8.19. The minimum atomic E-state index is -0.0143. The summed E-state index contributed by atoms with van der Waals surface area (Å²) in [7, 11) is 3.29. The van der Waals surface area contributed by atoms with Gasteiger partial charge in [-0.05, 0) is 38.1 Å². The van der Waals surface area contributed by atoms with E-state index >= 15 is 0 Å². The first-order valence-corrected chi connectivity index (χ1v) is 15.3. The SMILES string of the molecule is CCNC(=O)N1CCN(c2ccc(Nc3nc(Nc4ccc(N5CCN(C(C)=O)CC5)cc4OC)ncc3C)c(OC)c2)CC1. The number of urea groups is 1. The van der Waals surface area contributed by atoms with E-state index in [0.29, 0.717) is 56.0 Å². The molecule has 0 bridgehead atoms. The van der Waals surface area contributed by atoms with E-state index in [1.54, 1.807) is 27.3 Å². The van der Waals surface area contributed by atoms with Crippen LogP contribution in [0.4, 0.5) is 39.3 Å². The monoisotopic (exact) mass is 617 g/mol. The van der Waals surface area contributed by atoms with Crippen LogP contribution in [0.25, 0.3) is 0 Å². The molecule has 2 fully saturated rings. The molecule has 2 aromatic carbocycles. The molecule has 3 N–H and O–H groups in total. The van der Waals surface area contributed by atoms with Crippen molar-refractivity contribution in [1.29, 1.82) is 0 Å². The highest BCUT2D eigenvalue weighted by Gasteiger charge is 2.22. The summed E-state index contributed by atoms with van der Waals surface area (Å²) in [5.41, 5.74) is 4.47. The van der Waals surface area contributed by atoms with Crippen molar-refractivity contribution in [3.05, 3.63) is 48.2 Å². The van der Waals surface area contributed by atoms with Gasteiger partial charge >= 0.3 is 6.03 Å². The smallest absolute Gasteiger partial charge is 0.317 e. The Kier molecular flexibility index (Phi) is 9.95. The summed E-state index contributed by atoms with van der Waals surface area (Å²) in [6.07, 6.45) is 1.77. The Labute approximate surface area is 264 Å². The first kappa shape index (κ1) is 31.5. The third kappa shape index (κ3) is 7.41. The van der Waals surface area contributed by atoms with Gasteiger partial charge in [-0.15, -0.1) is 0 Å². The van der Waals surface area contributed by atoms with Gasteiger partial charge in [0.2, 0.25) is 11.9 Å². The number of carbonyl (C=O) groups excluding carboxylic acids is 2. The average Bonchev–Trinajstić information content (AvgIpc) is 3.06. The van der Waals surface area contributed by atoms with Crippen LogP contribution in [0.3, 0.4) is 0 Å². The highest BCUT2D eigenvalue weighted by Crippen LogP contribution is 2.35. The molecule has 2 saturated heterocycles. The lowest BCUT2D eigenvalue weighted by Gasteiger charge is -2.36. The highest BCUT2D eigenvalue weighted by molar-refractivity contribution is 5.76. The van der Waals surface area contributed by atoms with Crippen molar-refractivity contribution in [1.82, 2.24) is 25.1 Å². The Bertz CT molecular complexity index is 1500. The molecule has 1 aromatic heterocycles. The van der Waals surface area contributed by atoms with E-state index in [0.717, 1.165) is 54.5 Å². The molecule has 0 radical (unpaired) electrons. The quantitative estimate of drug-likeness (QED) is 0.326. The van der Waals surface area contributed by atoms with Gasteiger partial charge in [0.25, 0.3) is 0 Å². The van der Waals surface area contributed by atoms with E-state index in [4.69, 9.17) is 14.5 Å². The second kappa shape index (κ2) is 14.2. The lowest BCUT2D eigenvalue weighted by atomic mass is 10.2. The molecule has 0 saturated carbocycles. The van der Waals surface area contributed by atoms with Crippen molar-refractivity contribution in [2.75, 3.05) is 93.6 Å². The van der Waals surface area contributed by atoms with E-state index < -0.39 is 0 Å². The van der Waals surface area contributed by atoms with Crippen LogP contribution in [0, 0.1) is 6.92 Å². The second-order valence-corrected chi connectivity index (χ2v) is 11.0. The molecule has 45 heavy (non-hydrogen) atoms. The summed E-state index contributed by atoms with van der Waals surface area (Å²) in [6.45, 7) is 11.9. The lowest BCUT2D eigenvalue weighted by Crippen LogP contribution is -2.51. The molecule has 13 heteroatoms. The van der Waals surface area contributed by atoms with E-state index in [1.807, 2.05) is 54.0 Å². The van der Waals surface area contributed by atoms with Crippen LogP contribution in [-0.4, -0.2) is 105 Å². The Morgan fingerprint density at radius 2 is 1.33 bits per heavy atom. The number of nitrogens with zero attached hydrogens (tertiary/aromatic N) is 6. The molecule has 5 rings (SSSR count). The summed E-state index contributed by atoms with van der Waals surface area (Å²) in [5, 5.41) is 9.59. The van der Waals surface area contributed by atoms with Crippen LogP contribution >= 0.6 is 0 Å². The fourth-order valence-corrected chi connectivity index (χ4v) is 5.55. The van der Waals surface area contributed by atoms with Crippen LogP contribution in [0.5, 0.6) is 11.5 Å². The summed E-state index contributed by atoms with van der Waals surface area (Å²) < 4.78 is 11.5. The first-order chi connectivity index (χ1) is 21.8. The molecule has 3 heterocycles. The fraction of sp³-hybridized carbons (Fsp3) is 0.438. The van der Waals surface area contributed by atoms with E-state index in [9.17, 15) is 9.59 Å². The van der Waals surface area contributed by atoms with E-state index in [1.165, 1.54) is 0 Å². The highest BCUT2D eigenvalue weighted by atomic mass is 16.5. The Morgan fingerprint density at radius 1 is 0.800 bits per heavy atom. The van der Waals surface area contributed by atoms with E-state index in [-0.39, 0.29) is 11.9 Å². The van der Waals surface area contributed by atoms with E-state index in [2.05, 4.69) is 36.8 Å². The van der Waals surface area contributed by atoms with Gasteiger partial charge in [-0.2, -0.15) is 4.98 Å². The number of methoxy groups -OCH3 is 2. The largest absolute Gasteiger partial charge is 0.494 e. The molecule has 13 nitrogen and oxygen atoms in total. The zero-order chi connectivity index (χ0) is 31.9. The average molecular weight is 618 g/mol. The normalized spacial score (nSPS) is 15.0. The number of hydrogen-bond donors (Lipinski definition) is 3. The minimum absolute atomic E-state index is 0.0143. The van der Waals surface area contributed by atoms with Crippen molar-refractivity contribution in [2.24, 2.45) is 0 Å². The Hall–Kier alpha value is -4.94. The summed E-state index contributed by atoms with van der Waals surface area (Å²) in [5.74, 6) is 2.54. The van der Waals surface area contributed by atoms with Crippen LogP contribution in [0.2, 0.25) is 0 Å². The van der Waals surface area contributed by atoms with Crippen molar-refractivity contribution in [2.45, 2.75) is 20.8 Å². The van der Waals surface area contributed by atoms with Gasteiger partial charge in [0.1, 0.15) is 17.3 Å². The molecule has 2 aliphatic rings. The zero-order valence-electron chi connectivity index (χ0n) is 26.7. The zero-order valence-corrected chi connectivity index (χ0v) is 26.7. The number of amides is 3. The first-order valence-electron chi connectivity index (χ1n) is 15.3. The summed E-state index contributed by atoms with van der Waals surface area (Å²) >= 11 is 0. The summed E-state index contributed by atoms with van der Waals surface area (Å²) in [4.78, 5) is 41.4. The maximum absolute atomic E-state index is 12.2. The lowest BCUT2D eigenvalue weighted by molar-refractivity contribution is -0.129. The maximum Gasteiger partial charge on any atom is 0.317 e. The number of benzene rings is 2. The number of aryl methyl sites for hydroxylation is 1. The van der Waals surface area contributed by atoms with Crippen molar-refractivity contribution in [3.63, 3.8) is 0 Å². The molecular formula is C32H43N9O4. The maximum atomic E-state index is 12.2. The molecule has 3 aromatic rings. The second-order valence-electron chi connectivity index (χ2n) is 11.0. The molecule has 0 aliphatic carbocycles. The molecule has 240 valence electrons. The predicted molar refractivity (Wildman–Crippen MR) is 177 cm³/mol. The van der Waals surface area contributed by atoms with Gasteiger partial charge < -0.3 is 45.0 Å². The number of ether oxygens (including phenoxy) is 2. The molecule has 2 aliphatic heterocycles. The number of aromatic nitrogens is 2. The number of carbonyl (C=O) groups is 2. The molecule has 3 amide bonds. The topological polar surface area (TPSA) is 127 Å². The van der Waals surface area contributed by atoms with Crippen LogP contribution in [0.1, 0.15) is 19.4 Å². The van der Waals surface area contributed by atoms with Gasteiger partial charge in [0, 0.05) is 101 Å². The molecule has 0 atom stereocenters. The number of anilines is 6. The number of rotatable bonds is 9. The van der Waals surface area contributed by atoms with Crippen LogP contribution in [-0.2, 0) is 4.79 Å². The number of hydrogen-bond acceptors (Lipinski definition) is 10. The predicted octanol–water partition coefficient (Wildman–Crippen LogP) is 3.81. The summed E-state index contributed by atoms with van der Waals surface area (Å²) in [6, 6.07) is 12.0. The van der Waals surface area contributed by atoms with Gasteiger partial charge in [-0.3, -0.25) is 4.79 Å². The third-order valence-electron chi connectivity index (χ3n) is 8.19. The van der Waals surface area contributed by atoms with Crippen molar-refractivity contribution < 1.29 is 19.1 Å². The number of nitrogens with one attached hydrogen (secondary N) is 3. The fourth-order valence-electron chi connectivity index (χ4n) is 5.55. The number of piperazine rings is 2. The van der Waals surface area contributed by atoms with Gasteiger partial charge in [-0.1, -0.05) is 0 Å². The minimum Gasteiger partial charge on any atom is -0.494 e.